The second-order valence-electron chi connectivity index (χ2n) is 9.02. The number of nitrogens with zero attached hydrogens (tertiary/aromatic N) is 2. The fourth-order valence-corrected chi connectivity index (χ4v) is 4.48. The Bertz CT molecular complexity index is 1010. The Morgan fingerprint density at radius 2 is 2.03 bits per heavy atom. The number of fused-ring (bicyclic) bond motifs is 3. The molecule has 1 unspecified atom stereocenters. The van der Waals surface area contributed by atoms with Gasteiger partial charge in [0, 0.05) is 30.2 Å². The monoisotopic (exact) mass is 493 g/mol. The Morgan fingerprint density at radius 1 is 1.23 bits per heavy atom. The number of hydrogen-bond acceptors (Lipinski definition) is 5. The van der Waals surface area contributed by atoms with E-state index >= 15 is 0 Å². The van der Waals surface area contributed by atoms with E-state index in [0.29, 0.717) is 42.1 Å². The molecule has 0 radical (unpaired) electrons. The van der Waals surface area contributed by atoms with E-state index in [1.54, 1.807) is 0 Å². The van der Waals surface area contributed by atoms with Crippen LogP contribution in [0.25, 0.3) is 11.3 Å². The lowest BCUT2D eigenvalue weighted by Gasteiger charge is -2.22. The zero-order valence-corrected chi connectivity index (χ0v) is 20.4. The van der Waals surface area contributed by atoms with Gasteiger partial charge in [-0.15, -0.1) is 10.2 Å². The molecule has 0 spiro atoms. The van der Waals surface area contributed by atoms with Crippen molar-refractivity contribution in [2.75, 3.05) is 11.9 Å². The third-order valence-electron chi connectivity index (χ3n) is 6.43. The molecule has 0 bridgehead atoms. The van der Waals surface area contributed by atoms with E-state index in [1.807, 2.05) is 0 Å². The van der Waals surface area contributed by atoms with Crippen LogP contribution in [0.15, 0.2) is 18.2 Å². The molecule has 1 aliphatic heterocycles. The number of hydrogen-bond donors (Lipinski definition) is 2. The molecule has 2 heterocycles. The maximum absolute atomic E-state index is 13.3. The summed E-state index contributed by atoms with van der Waals surface area (Å²) in [7, 11) is 0. The van der Waals surface area contributed by atoms with Crippen molar-refractivity contribution in [1.29, 1.82) is 0 Å². The van der Waals surface area contributed by atoms with Gasteiger partial charge in [0.1, 0.15) is 0 Å². The lowest BCUT2D eigenvalue weighted by Crippen LogP contribution is -2.22. The first-order valence-electron chi connectivity index (χ1n) is 12.4. The quantitative estimate of drug-likeness (QED) is 0.372. The number of rotatable bonds is 10. The highest BCUT2D eigenvalue weighted by Gasteiger charge is 2.32. The topological polar surface area (TPSA) is 84.3 Å². The lowest BCUT2D eigenvalue weighted by molar-refractivity contribution is -0.138. The van der Waals surface area contributed by atoms with Crippen LogP contribution in [0.1, 0.15) is 81.0 Å². The van der Waals surface area contributed by atoms with Crippen LogP contribution in [-0.2, 0) is 35.2 Å². The number of aromatic nitrogens is 2. The molecule has 3 rings (SSSR count). The van der Waals surface area contributed by atoms with Crippen LogP contribution in [0.5, 0.6) is 0 Å². The average Bonchev–Trinajstić information content (AvgIpc) is 2.90. The molecule has 0 saturated heterocycles. The van der Waals surface area contributed by atoms with E-state index in [2.05, 4.69) is 29.4 Å². The number of carboxylic acid groups (broad SMARTS) is 1. The molecule has 35 heavy (non-hydrogen) atoms. The summed E-state index contributed by atoms with van der Waals surface area (Å²) in [5, 5.41) is 21.8. The van der Waals surface area contributed by atoms with Crippen molar-refractivity contribution in [3.63, 3.8) is 0 Å². The zero-order valence-electron chi connectivity index (χ0n) is 20.4. The van der Waals surface area contributed by atoms with E-state index in [4.69, 9.17) is 4.74 Å². The Morgan fingerprint density at radius 3 is 2.71 bits per heavy atom. The number of alkyl halides is 3. The van der Waals surface area contributed by atoms with Gasteiger partial charge in [-0.25, -0.2) is 0 Å². The predicted molar refractivity (Wildman–Crippen MR) is 128 cm³/mol. The molecule has 0 amide bonds. The largest absolute Gasteiger partial charge is 0.481 e. The van der Waals surface area contributed by atoms with Crippen LogP contribution in [0.3, 0.4) is 0 Å². The summed E-state index contributed by atoms with van der Waals surface area (Å²) in [4.78, 5) is 11.4. The predicted octanol–water partition coefficient (Wildman–Crippen LogP) is 6.41. The molecule has 9 heteroatoms. The van der Waals surface area contributed by atoms with Crippen LogP contribution in [0, 0.1) is 0 Å². The van der Waals surface area contributed by atoms with Crippen molar-refractivity contribution in [1.82, 2.24) is 10.2 Å². The SMILES string of the molecule is CCCCCC(CC)Nc1nnc2c(c1CCC(=O)O)CCCOCc1cc(C(F)(F)F)ccc1-2. The molecule has 1 aromatic heterocycles. The van der Waals surface area contributed by atoms with Gasteiger partial charge in [-0.05, 0) is 55.4 Å². The fourth-order valence-electron chi connectivity index (χ4n) is 4.48. The number of anilines is 1. The van der Waals surface area contributed by atoms with Gasteiger partial charge in [0.2, 0.25) is 0 Å². The molecule has 6 nitrogen and oxygen atoms in total. The molecule has 0 saturated carbocycles. The molecule has 1 atom stereocenters. The number of halogens is 3. The van der Waals surface area contributed by atoms with Gasteiger partial charge in [-0.3, -0.25) is 4.79 Å². The second-order valence-corrected chi connectivity index (χ2v) is 9.02. The highest BCUT2D eigenvalue weighted by atomic mass is 19.4. The molecule has 192 valence electrons. The molecular weight excluding hydrogens is 459 g/mol. The van der Waals surface area contributed by atoms with Crippen LogP contribution in [-0.4, -0.2) is 33.9 Å². The first-order chi connectivity index (χ1) is 16.7. The second kappa shape index (κ2) is 12.3. The average molecular weight is 494 g/mol. The van der Waals surface area contributed by atoms with Crippen molar-refractivity contribution in [2.45, 2.75) is 90.5 Å². The van der Waals surface area contributed by atoms with Crippen molar-refractivity contribution in [2.24, 2.45) is 0 Å². The smallest absolute Gasteiger partial charge is 0.416 e. The summed E-state index contributed by atoms with van der Waals surface area (Å²) in [5.41, 5.74) is 2.31. The standard InChI is InChI=1S/C26H34F3N3O3/c1-3-5-6-8-19(4-2)30-25-22(12-13-23(33)34)21-9-7-14-35-16-17-15-18(26(27,28)29)10-11-20(17)24(21)31-32-25/h10-11,15,19H,3-9,12-14,16H2,1-2H3,(H,30,32)(H,33,34). The van der Waals surface area contributed by atoms with Crippen molar-refractivity contribution in [3.05, 3.63) is 40.5 Å². The van der Waals surface area contributed by atoms with Crippen LogP contribution in [0.2, 0.25) is 0 Å². The highest BCUT2D eigenvalue weighted by Crippen LogP contribution is 2.37. The van der Waals surface area contributed by atoms with E-state index in [-0.39, 0.29) is 25.5 Å². The summed E-state index contributed by atoms with van der Waals surface area (Å²) in [6, 6.07) is 3.76. The number of benzene rings is 1. The summed E-state index contributed by atoms with van der Waals surface area (Å²) in [5.74, 6) is -0.347. The molecular formula is C26H34F3N3O3. The van der Waals surface area contributed by atoms with E-state index in [1.165, 1.54) is 6.07 Å². The normalized spacial score (nSPS) is 14.8. The van der Waals surface area contributed by atoms with Gasteiger partial charge < -0.3 is 15.2 Å². The van der Waals surface area contributed by atoms with E-state index < -0.39 is 17.7 Å². The Labute approximate surface area is 204 Å². The third kappa shape index (κ3) is 7.16. The first-order valence-corrected chi connectivity index (χ1v) is 12.4. The van der Waals surface area contributed by atoms with Gasteiger partial charge >= 0.3 is 12.1 Å². The number of carbonyl (C=O) groups is 1. The van der Waals surface area contributed by atoms with Crippen molar-refractivity contribution >= 4 is 11.8 Å². The van der Waals surface area contributed by atoms with Crippen LogP contribution < -0.4 is 5.32 Å². The minimum Gasteiger partial charge on any atom is -0.481 e. The van der Waals surface area contributed by atoms with Crippen molar-refractivity contribution < 1.29 is 27.8 Å². The summed E-state index contributed by atoms with van der Waals surface area (Å²) in [6.07, 6.45) is 2.14. The third-order valence-corrected chi connectivity index (χ3v) is 6.43. The minimum atomic E-state index is -4.46. The molecule has 2 aromatic rings. The first kappa shape index (κ1) is 26.9. The number of ether oxygens (including phenoxy) is 1. The minimum absolute atomic E-state index is 0.0418. The Kier molecular flexibility index (Phi) is 9.48. The summed E-state index contributed by atoms with van der Waals surface area (Å²) < 4.78 is 45.7. The Balaban J connectivity index is 2.08. The maximum atomic E-state index is 13.3. The highest BCUT2D eigenvalue weighted by molar-refractivity contribution is 5.72. The van der Waals surface area contributed by atoms with E-state index in [9.17, 15) is 23.1 Å². The van der Waals surface area contributed by atoms with Crippen LogP contribution in [0.4, 0.5) is 19.0 Å². The van der Waals surface area contributed by atoms with Crippen LogP contribution >= 0.6 is 0 Å². The zero-order chi connectivity index (χ0) is 25.4. The van der Waals surface area contributed by atoms with Gasteiger partial charge in [0.25, 0.3) is 0 Å². The van der Waals surface area contributed by atoms with Gasteiger partial charge in [-0.1, -0.05) is 39.2 Å². The Hall–Kier alpha value is -2.68. The number of carboxylic acids is 1. The maximum Gasteiger partial charge on any atom is 0.416 e. The summed E-state index contributed by atoms with van der Waals surface area (Å²) in [6.45, 7) is 4.67. The molecule has 0 aliphatic carbocycles. The van der Waals surface area contributed by atoms with Crippen molar-refractivity contribution in [3.8, 4) is 11.3 Å². The number of unbranched alkanes of at least 4 members (excludes halogenated alkanes) is 2. The fraction of sp³-hybridized carbons (Fsp3) is 0.577. The lowest BCUT2D eigenvalue weighted by atomic mass is 9.92. The molecule has 0 fully saturated rings. The molecule has 2 N–H and O–H groups in total. The summed E-state index contributed by atoms with van der Waals surface area (Å²) >= 11 is 0. The van der Waals surface area contributed by atoms with Gasteiger partial charge in [-0.2, -0.15) is 13.2 Å². The van der Waals surface area contributed by atoms with Gasteiger partial charge in [0.05, 0.1) is 17.9 Å². The molecule has 1 aromatic carbocycles. The van der Waals surface area contributed by atoms with E-state index in [0.717, 1.165) is 55.4 Å². The van der Waals surface area contributed by atoms with Gasteiger partial charge in [0.15, 0.2) is 5.82 Å². The number of nitrogens with one attached hydrogen (secondary N) is 1. The molecule has 1 aliphatic rings. The number of aliphatic carboxylic acids is 1.